The number of carbonyl (C=O) groups is 2. The van der Waals surface area contributed by atoms with E-state index in [1.54, 1.807) is 24.3 Å². The first-order chi connectivity index (χ1) is 13.9. The quantitative estimate of drug-likeness (QED) is 0.464. The molecule has 2 aromatic carbocycles. The monoisotopic (exact) mass is 406 g/mol. The topological polar surface area (TPSA) is 84.0 Å². The van der Waals surface area contributed by atoms with Crippen LogP contribution in [-0.2, 0) is 9.59 Å². The summed E-state index contributed by atoms with van der Waals surface area (Å²) >= 11 is 1.39. The Morgan fingerprint density at radius 2 is 1.55 bits per heavy atom. The van der Waals surface area contributed by atoms with Crippen LogP contribution in [0.5, 0.6) is 0 Å². The van der Waals surface area contributed by atoms with Crippen molar-refractivity contribution in [3.05, 3.63) is 66.5 Å². The van der Waals surface area contributed by atoms with Gasteiger partial charge in [0.25, 0.3) is 0 Å². The van der Waals surface area contributed by atoms with Gasteiger partial charge in [0, 0.05) is 23.9 Å². The molecule has 1 heterocycles. The van der Waals surface area contributed by atoms with Gasteiger partial charge in [-0.2, -0.15) is 0 Å². The average Bonchev–Trinajstić information content (AvgIpc) is 2.69. The molecule has 0 saturated heterocycles. The van der Waals surface area contributed by atoms with Gasteiger partial charge >= 0.3 is 0 Å². The molecule has 3 aromatic rings. The SMILES string of the molecule is CC(=O)Nc1ccc(NC(=O)C(C)Sc2cc(-c3ccccc3)nc(C)n2)cc1. The van der Waals surface area contributed by atoms with Crippen LogP contribution in [0.1, 0.15) is 19.7 Å². The summed E-state index contributed by atoms with van der Waals surface area (Å²) in [4.78, 5) is 32.6. The molecule has 0 aliphatic heterocycles. The molecule has 29 heavy (non-hydrogen) atoms. The maximum atomic E-state index is 12.6. The molecule has 148 valence electrons. The van der Waals surface area contributed by atoms with E-state index < -0.39 is 0 Å². The lowest BCUT2D eigenvalue weighted by atomic mass is 10.1. The van der Waals surface area contributed by atoms with E-state index in [0.717, 1.165) is 16.3 Å². The fourth-order valence-electron chi connectivity index (χ4n) is 2.68. The van der Waals surface area contributed by atoms with Crippen molar-refractivity contribution in [2.24, 2.45) is 0 Å². The number of amides is 2. The molecule has 0 radical (unpaired) electrons. The summed E-state index contributed by atoms with van der Waals surface area (Å²) in [6, 6.07) is 18.8. The number of aryl methyl sites for hydroxylation is 1. The van der Waals surface area contributed by atoms with Crippen molar-refractivity contribution >= 4 is 35.0 Å². The Labute approximate surface area is 174 Å². The molecule has 0 aliphatic carbocycles. The van der Waals surface area contributed by atoms with Crippen LogP contribution < -0.4 is 10.6 Å². The number of rotatable bonds is 6. The number of nitrogens with zero attached hydrogens (tertiary/aromatic N) is 2. The summed E-state index contributed by atoms with van der Waals surface area (Å²) in [6.45, 7) is 5.13. The van der Waals surface area contributed by atoms with Gasteiger partial charge in [-0.15, -0.1) is 0 Å². The van der Waals surface area contributed by atoms with Crippen molar-refractivity contribution < 1.29 is 9.59 Å². The van der Waals surface area contributed by atoms with Gasteiger partial charge in [0.1, 0.15) is 10.9 Å². The second-order valence-electron chi connectivity index (χ2n) is 6.51. The maximum absolute atomic E-state index is 12.6. The van der Waals surface area contributed by atoms with Gasteiger partial charge in [0.2, 0.25) is 11.8 Å². The normalized spacial score (nSPS) is 11.6. The second-order valence-corrected chi connectivity index (χ2v) is 7.87. The van der Waals surface area contributed by atoms with E-state index in [9.17, 15) is 9.59 Å². The first kappa shape index (κ1) is 20.5. The van der Waals surface area contributed by atoms with E-state index in [4.69, 9.17) is 0 Å². The molecule has 0 fully saturated rings. The Balaban J connectivity index is 1.66. The third kappa shape index (κ3) is 5.89. The fraction of sp³-hybridized carbons (Fsp3) is 0.182. The Kier molecular flexibility index (Phi) is 6.61. The number of anilines is 2. The van der Waals surface area contributed by atoms with Gasteiger partial charge in [-0.25, -0.2) is 9.97 Å². The molecular weight excluding hydrogens is 384 g/mol. The van der Waals surface area contributed by atoms with E-state index >= 15 is 0 Å². The van der Waals surface area contributed by atoms with Gasteiger partial charge in [-0.3, -0.25) is 9.59 Å². The van der Waals surface area contributed by atoms with E-state index in [2.05, 4.69) is 20.6 Å². The Hall–Kier alpha value is -3.19. The molecule has 6 nitrogen and oxygen atoms in total. The maximum Gasteiger partial charge on any atom is 0.237 e. The van der Waals surface area contributed by atoms with Gasteiger partial charge in [0.15, 0.2) is 0 Å². The first-order valence-corrected chi connectivity index (χ1v) is 10.0. The highest BCUT2D eigenvalue weighted by Gasteiger charge is 2.16. The van der Waals surface area contributed by atoms with Gasteiger partial charge in [-0.05, 0) is 44.2 Å². The van der Waals surface area contributed by atoms with Crippen LogP contribution in [0.25, 0.3) is 11.3 Å². The van der Waals surface area contributed by atoms with Crippen LogP contribution >= 0.6 is 11.8 Å². The van der Waals surface area contributed by atoms with Gasteiger partial charge in [0.05, 0.1) is 10.9 Å². The highest BCUT2D eigenvalue weighted by Crippen LogP contribution is 2.27. The number of hydrogen-bond acceptors (Lipinski definition) is 5. The number of nitrogens with one attached hydrogen (secondary N) is 2. The number of aromatic nitrogens is 2. The molecule has 2 amide bonds. The second kappa shape index (κ2) is 9.34. The van der Waals surface area contributed by atoms with Crippen LogP contribution in [0.2, 0.25) is 0 Å². The molecule has 2 N–H and O–H groups in total. The molecule has 1 unspecified atom stereocenters. The predicted molar refractivity (Wildman–Crippen MR) is 117 cm³/mol. The van der Waals surface area contributed by atoms with Gasteiger partial charge in [-0.1, -0.05) is 42.1 Å². The standard InChI is InChI=1S/C22H22N4O2S/c1-14(22(28)26-19-11-9-18(10-12-19)25-16(3)27)29-21-13-20(23-15(2)24-21)17-7-5-4-6-8-17/h4-14H,1-3H3,(H,25,27)(H,26,28). The number of hydrogen-bond donors (Lipinski definition) is 2. The minimum atomic E-state index is -0.344. The first-order valence-electron chi connectivity index (χ1n) is 9.17. The van der Waals surface area contributed by atoms with Crippen molar-refractivity contribution in [2.75, 3.05) is 10.6 Å². The number of benzene rings is 2. The molecule has 7 heteroatoms. The molecular formula is C22H22N4O2S. The summed E-state index contributed by atoms with van der Waals surface area (Å²) in [5, 5.41) is 5.99. The minimum Gasteiger partial charge on any atom is -0.326 e. The molecule has 3 rings (SSSR count). The summed E-state index contributed by atoms with van der Waals surface area (Å²) in [7, 11) is 0. The van der Waals surface area contributed by atoms with E-state index in [1.807, 2.05) is 50.2 Å². The highest BCUT2D eigenvalue weighted by molar-refractivity contribution is 8.00. The third-order valence-corrected chi connectivity index (χ3v) is 5.04. The summed E-state index contributed by atoms with van der Waals surface area (Å²) < 4.78 is 0. The van der Waals surface area contributed by atoms with Crippen LogP contribution in [-0.4, -0.2) is 27.0 Å². The van der Waals surface area contributed by atoms with Crippen LogP contribution in [0.3, 0.4) is 0 Å². The summed E-state index contributed by atoms with van der Waals surface area (Å²) in [5.74, 6) is 0.400. The number of carbonyl (C=O) groups excluding carboxylic acids is 2. The lowest BCUT2D eigenvalue weighted by Crippen LogP contribution is -2.22. The largest absolute Gasteiger partial charge is 0.326 e. The zero-order valence-corrected chi connectivity index (χ0v) is 17.3. The van der Waals surface area contributed by atoms with Crippen molar-refractivity contribution in [2.45, 2.75) is 31.0 Å². The number of thioether (sulfide) groups is 1. The molecule has 0 bridgehead atoms. The van der Waals surface area contributed by atoms with Crippen LogP contribution in [0.15, 0.2) is 65.7 Å². The summed E-state index contributed by atoms with van der Waals surface area (Å²) in [6.07, 6.45) is 0. The molecule has 1 aromatic heterocycles. The highest BCUT2D eigenvalue weighted by atomic mass is 32.2. The third-order valence-electron chi connectivity index (χ3n) is 4.02. The zero-order chi connectivity index (χ0) is 20.8. The van der Waals surface area contributed by atoms with Crippen molar-refractivity contribution in [1.82, 2.24) is 9.97 Å². The van der Waals surface area contributed by atoms with Crippen LogP contribution in [0, 0.1) is 6.92 Å². The zero-order valence-electron chi connectivity index (χ0n) is 16.5. The predicted octanol–water partition coefficient (Wildman–Crippen LogP) is 4.53. The minimum absolute atomic E-state index is 0.125. The van der Waals surface area contributed by atoms with Crippen LogP contribution in [0.4, 0.5) is 11.4 Å². The lowest BCUT2D eigenvalue weighted by molar-refractivity contribution is -0.115. The Bertz CT molecular complexity index is 1010. The van der Waals surface area contributed by atoms with E-state index in [0.29, 0.717) is 17.2 Å². The average molecular weight is 407 g/mol. The molecule has 0 aliphatic rings. The smallest absolute Gasteiger partial charge is 0.237 e. The molecule has 1 atom stereocenters. The van der Waals surface area contributed by atoms with Crippen molar-refractivity contribution in [3.63, 3.8) is 0 Å². The van der Waals surface area contributed by atoms with E-state index in [-0.39, 0.29) is 17.1 Å². The Morgan fingerprint density at radius 1 is 0.931 bits per heavy atom. The van der Waals surface area contributed by atoms with Crippen molar-refractivity contribution in [3.8, 4) is 11.3 Å². The van der Waals surface area contributed by atoms with E-state index in [1.165, 1.54) is 18.7 Å². The van der Waals surface area contributed by atoms with Crippen molar-refractivity contribution in [1.29, 1.82) is 0 Å². The fourth-order valence-corrected chi connectivity index (χ4v) is 3.57. The lowest BCUT2D eigenvalue weighted by Gasteiger charge is -2.13. The summed E-state index contributed by atoms with van der Waals surface area (Å²) in [5.41, 5.74) is 3.20. The Morgan fingerprint density at radius 3 is 2.17 bits per heavy atom. The molecule has 0 spiro atoms. The van der Waals surface area contributed by atoms with Gasteiger partial charge < -0.3 is 10.6 Å². The molecule has 0 saturated carbocycles.